The van der Waals surface area contributed by atoms with Gasteiger partial charge in [0.05, 0.1) is 11.1 Å². The van der Waals surface area contributed by atoms with Crippen LogP contribution in [0.2, 0.25) is 0 Å². The van der Waals surface area contributed by atoms with E-state index in [2.05, 4.69) is 4.98 Å². The Morgan fingerprint density at radius 1 is 1.00 bits per heavy atom. The normalized spacial score (nSPS) is 20.2. The molecule has 2 heterocycles. The van der Waals surface area contributed by atoms with Crippen LogP contribution in [0.3, 0.4) is 0 Å². The molecule has 0 saturated carbocycles. The number of hydrogen-bond donors (Lipinski definition) is 0. The van der Waals surface area contributed by atoms with Crippen molar-refractivity contribution in [2.24, 2.45) is 0 Å². The number of aromatic nitrogens is 1. The first-order valence-corrected chi connectivity index (χ1v) is 7.61. The SMILES string of the molecule is CC1N(C)c2cc3nc(C(F)(F)F)cc(C(F)(F)F)c3cc2C1(C)C. The van der Waals surface area contributed by atoms with Gasteiger partial charge in [-0.15, -0.1) is 0 Å². The smallest absolute Gasteiger partial charge is 0.371 e. The van der Waals surface area contributed by atoms with Crippen molar-refractivity contribution in [1.82, 2.24) is 4.98 Å². The summed E-state index contributed by atoms with van der Waals surface area (Å²) in [5.41, 5.74) is -2.33. The monoisotopic (exact) mass is 362 g/mol. The Kier molecular flexibility index (Phi) is 3.58. The van der Waals surface area contributed by atoms with Crippen LogP contribution in [-0.2, 0) is 17.8 Å². The van der Waals surface area contributed by atoms with Crippen molar-refractivity contribution in [3.05, 3.63) is 35.0 Å². The third-order valence-corrected chi connectivity index (χ3v) is 5.22. The topological polar surface area (TPSA) is 16.1 Å². The van der Waals surface area contributed by atoms with Crippen LogP contribution in [0.1, 0.15) is 37.6 Å². The zero-order valence-corrected chi connectivity index (χ0v) is 14.0. The van der Waals surface area contributed by atoms with Crippen molar-refractivity contribution < 1.29 is 26.3 Å². The molecule has 0 amide bonds. The summed E-state index contributed by atoms with van der Waals surface area (Å²) in [5.74, 6) is 0. The summed E-state index contributed by atoms with van der Waals surface area (Å²) in [6.45, 7) is 5.72. The third-order valence-electron chi connectivity index (χ3n) is 5.22. The average molecular weight is 362 g/mol. The zero-order chi connectivity index (χ0) is 18.9. The molecule has 1 aliphatic heterocycles. The molecule has 0 aliphatic carbocycles. The maximum Gasteiger partial charge on any atom is 0.433 e. The quantitative estimate of drug-likeness (QED) is 0.584. The predicted octanol–water partition coefficient (Wildman–Crippen LogP) is 5.39. The molecule has 1 unspecified atom stereocenters. The first kappa shape index (κ1) is 17.8. The van der Waals surface area contributed by atoms with E-state index in [0.29, 0.717) is 11.3 Å². The molecule has 0 radical (unpaired) electrons. The van der Waals surface area contributed by atoms with E-state index in [1.54, 1.807) is 7.05 Å². The van der Waals surface area contributed by atoms with Gasteiger partial charge in [-0.2, -0.15) is 26.3 Å². The molecule has 3 rings (SSSR count). The van der Waals surface area contributed by atoms with Crippen LogP contribution in [0, 0.1) is 0 Å². The van der Waals surface area contributed by atoms with Gasteiger partial charge in [-0.3, -0.25) is 0 Å². The molecule has 136 valence electrons. The molecule has 1 aromatic heterocycles. The molecule has 25 heavy (non-hydrogen) atoms. The minimum absolute atomic E-state index is 0.0178. The van der Waals surface area contributed by atoms with Crippen LogP contribution in [0.4, 0.5) is 32.0 Å². The molecule has 1 atom stereocenters. The fraction of sp³-hybridized carbons (Fsp3) is 0.471. The Balaban J connectivity index is 2.40. The van der Waals surface area contributed by atoms with Gasteiger partial charge >= 0.3 is 12.4 Å². The first-order chi connectivity index (χ1) is 11.2. The molecule has 1 aliphatic rings. The van der Waals surface area contributed by atoms with Crippen LogP contribution in [-0.4, -0.2) is 18.1 Å². The molecule has 2 aromatic rings. The van der Waals surface area contributed by atoms with Crippen molar-refractivity contribution in [3.63, 3.8) is 0 Å². The highest BCUT2D eigenvalue weighted by atomic mass is 19.4. The predicted molar refractivity (Wildman–Crippen MR) is 82.6 cm³/mol. The number of benzene rings is 1. The number of rotatable bonds is 0. The molecule has 0 spiro atoms. The van der Waals surface area contributed by atoms with E-state index in [0.717, 1.165) is 0 Å². The maximum absolute atomic E-state index is 13.4. The highest BCUT2D eigenvalue weighted by Gasteiger charge is 2.43. The summed E-state index contributed by atoms with van der Waals surface area (Å²) >= 11 is 0. The maximum atomic E-state index is 13.4. The summed E-state index contributed by atoms with van der Waals surface area (Å²) in [4.78, 5) is 5.30. The largest absolute Gasteiger partial charge is 0.433 e. The van der Waals surface area contributed by atoms with Gasteiger partial charge < -0.3 is 4.90 Å². The molecule has 8 heteroatoms. The van der Waals surface area contributed by atoms with Crippen LogP contribution in [0.15, 0.2) is 18.2 Å². The number of likely N-dealkylation sites (N-methyl/N-ethyl adjacent to an activating group) is 1. The van der Waals surface area contributed by atoms with Crippen LogP contribution >= 0.6 is 0 Å². The number of fused-ring (bicyclic) bond motifs is 2. The van der Waals surface area contributed by atoms with E-state index in [9.17, 15) is 26.3 Å². The van der Waals surface area contributed by atoms with E-state index in [4.69, 9.17) is 0 Å². The molecule has 0 saturated heterocycles. The van der Waals surface area contributed by atoms with Gasteiger partial charge in [0.25, 0.3) is 0 Å². The van der Waals surface area contributed by atoms with E-state index >= 15 is 0 Å². The van der Waals surface area contributed by atoms with Crippen LogP contribution < -0.4 is 4.90 Å². The molecule has 1 aromatic carbocycles. The lowest BCUT2D eigenvalue weighted by Crippen LogP contribution is -2.36. The van der Waals surface area contributed by atoms with E-state index < -0.39 is 29.0 Å². The number of anilines is 1. The van der Waals surface area contributed by atoms with Gasteiger partial charge in [-0.05, 0) is 30.7 Å². The zero-order valence-electron chi connectivity index (χ0n) is 14.0. The van der Waals surface area contributed by atoms with Gasteiger partial charge in [-0.1, -0.05) is 13.8 Å². The molecular weight excluding hydrogens is 346 g/mol. The Labute approximate surface area is 140 Å². The number of alkyl halides is 6. The lowest BCUT2D eigenvalue weighted by Gasteiger charge is -2.28. The van der Waals surface area contributed by atoms with Crippen LogP contribution in [0.25, 0.3) is 10.9 Å². The van der Waals surface area contributed by atoms with E-state index in [-0.39, 0.29) is 23.0 Å². The van der Waals surface area contributed by atoms with E-state index in [1.165, 1.54) is 12.1 Å². The second-order valence-electron chi connectivity index (χ2n) is 6.95. The van der Waals surface area contributed by atoms with Crippen molar-refractivity contribution in [2.45, 2.75) is 44.6 Å². The molecule has 0 N–H and O–H groups in total. The number of pyridine rings is 1. The third kappa shape index (κ3) is 2.62. The first-order valence-electron chi connectivity index (χ1n) is 7.61. The summed E-state index contributed by atoms with van der Waals surface area (Å²) in [6.07, 6.45) is -9.86. The Morgan fingerprint density at radius 3 is 2.12 bits per heavy atom. The fourth-order valence-electron chi connectivity index (χ4n) is 3.37. The minimum atomic E-state index is -4.95. The van der Waals surface area contributed by atoms with Crippen molar-refractivity contribution in [2.75, 3.05) is 11.9 Å². The van der Waals surface area contributed by atoms with Gasteiger partial charge in [-0.25, -0.2) is 4.98 Å². The highest BCUT2D eigenvalue weighted by Crippen LogP contribution is 2.47. The fourth-order valence-corrected chi connectivity index (χ4v) is 3.37. The second kappa shape index (κ2) is 5.02. The van der Waals surface area contributed by atoms with Crippen molar-refractivity contribution >= 4 is 16.6 Å². The average Bonchev–Trinajstić information content (AvgIpc) is 2.63. The molecule has 2 nitrogen and oxygen atoms in total. The molecule has 0 bridgehead atoms. The standard InChI is InChI=1S/C17H16F6N2/c1-8-15(2,3)11-5-9-10(16(18,19)20)6-14(17(21,22)23)24-12(9)7-13(11)25(8)4/h5-8H,1-4H3. The van der Waals surface area contributed by atoms with Crippen molar-refractivity contribution in [3.8, 4) is 0 Å². The van der Waals surface area contributed by atoms with Gasteiger partial charge in [0.15, 0.2) is 0 Å². The second-order valence-corrected chi connectivity index (χ2v) is 6.95. The highest BCUT2D eigenvalue weighted by molar-refractivity contribution is 5.89. The lowest BCUT2D eigenvalue weighted by atomic mass is 9.80. The molecular formula is C17H16F6N2. The summed E-state index contributed by atoms with van der Waals surface area (Å²) in [7, 11) is 1.77. The van der Waals surface area contributed by atoms with Crippen LogP contribution in [0.5, 0.6) is 0 Å². The Bertz CT molecular complexity index is 851. The lowest BCUT2D eigenvalue weighted by molar-refractivity contribution is -0.144. The van der Waals surface area contributed by atoms with Gasteiger partial charge in [0, 0.05) is 29.6 Å². The number of halogens is 6. The minimum Gasteiger partial charge on any atom is -0.371 e. The summed E-state index contributed by atoms with van der Waals surface area (Å²) in [6, 6.07) is 2.72. The van der Waals surface area contributed by atoms with Gasteiger partial charge in [0.1, 0.15) is 5.69 Å². The van der Waals surface area contributed by atoms with Gasteiger partial charge in [0.2, 0.25) is 0 Å². The number of hydrogen-bond acceptors (Lipinski definition) is 2. The summed E-state index contributed by atoms with van der Waals surface area (Å²) < 4.78 is 79.1. The Hall–Kier alpha value is -1.99. The van der Waals surface area contributed by atoms with E-state index in [1.807, 2.05) is 25.7 Å². The summed E-state index contributed by atoms with van der Waals surface area (Å²) in [5, 5.41) is -0.310. The number of nitrogens with zero attached hydrogens (tertiary/aromatic N) is 2. The van der Waals surface area contributed by atoms with Crippen molar-refractivity contribution in [1.29, 1.82) is 0 Å². The Morgan fingerprint density at radius 2 is 1.60 bits per heavy atom. The molecule has 0 fully saturated rings.